The van der Waals surface area contributed by atoms with Gasteiger partial charge in [-0.3, -0.25) is 14.7 Å². The third-order valence-corrected chi connectivity index (χ3v) is 4.49. The molecule has 2 aliphatic heterocycles. The first-order valence-electron chi connectivity index (χ1n) is 7.88. The van der Waals surface area contributed by atoms with Crippen LogP contribution in [0.15, 0.2) is 6.07 Å². The van der Waals surface area contributed by atoms with Crippen molar-refractivity contribution in [3.05, 3.63) is 17.5 Å². The summed E-state index contributed by atoms with van der Waals surface area (Å²) in [5.41, 5.74) is 6.35. The molecule has 0 aromatic carbocycles. The second kappa shape index (κ2) is 6.48. The average Bonchev–Trinajstić information content (AvgIpc) is 3.18. The topological polar surface area (TPSA) is 101 Å². The van der Waals surface area contributed by atoms with Gasteiger partial charge in [-0.2, -0.15) is 5.10 Å². The van der Waals surface area contributed by atoms with Gasteiger partial charge in [0.05, 0.1) is 12.5 Å². The minimum atomic E-state index is -0.537. The maximum atomic E-state index is 12.4. The maximum Gasteiger partial charge on any atom is 0.269 e. The first-order chi connectivity index (χ1) is 10.6. The predicted molar refractivity (Wildman–Crippen MR) is 79.3 cm³/mol. The molecular weight excluding hydrogens is 284 g/mol. The molecule has 7 nitrogen and oxygen atoms in total. The molecule has 0 radical (unpaired) electrons. The van der Waals surface area contributed by atoms with E-state index in [0.29, 0.717) is 13.0 Å². The van der Waals surface area contributed by atoms with Gasteiger partial charge in [0.25, 0.3) is 5.91 Å². The Morgan fingerprint density at radius 3 is 2.95 bits per heavy atom. The minimum Gasteiger partial charge on any atom is -0.378 e. The zero-order valence-electron chi connectivity index (χ0n) is 12.6. The molecule has 3 N–H and O–H groups in total. The lowest BCUT2D eigenvalue weighted by Crippen LogP contribution is -2.40. The molecule has 2 fully saturated rings. The molecule has 22 heavy (non-hydrogen) atoms. The number of hydrogen-bond acceptors (Lipinski definition) is 4. The quantitative estimate of drug-likeness (QED) is 0.858. The van der Waals surface area contributed by atoms with Crippen LogP contribution in [0.4, 0.5) is 0 Å². The van der Waals surface area contributed by atoms with E-state index in [4.69, 9.17) is 10.5 Å². The van der Waals surface area contributed by atoms with Gasteiger partial charge in [0.15, 0.2) is 0 Å². The van der Waals surface area contributed by atoms with Crippen LogP contribution in [0.2, 0.25) is 0 Å². The largest absolute Gasteiger partial charge is 0.378 e. The smallest absolute Gasteiger partial charge is 0.269 e. The van der Waals surface area contributed by atoms with Gasteiger partial charge < -0.3 is 15.4 Å². The molecule has 3 heterocycles. The Labute approximate surface area is 129 Å². The molecule has 0 saturated carbocycles. The van der Waals surface area contributed by atoms with Crippen molar-refractivity contribution < 1.29 is 14.3 Å². The third-order valence-electron chi connectivity index (χ3n) is 4.49. The number of carbonyl (C=O) groups excluding carboxylic acids is 2. The summed E-state index contributed by atoms with van der Waals surface area (Å²) in [7, 11) is 0. The van der Waals surface area contributed by atoms with Crippen LogP contribution < -0.4 is 5.73 Å². The molecule has 1 aromatic heterocycles. The van der Waals surface area contributed by atoms with Gasteiger partial charge >= 0.3 is 0 Å². The number of nitrogens with one attached hydrogen (secondary N) is 1. The molecule has 2 saturated heterocycles. The highest BCUT2D eigenvalue weighted by Gasteiger charge is 2.28. The van der Waals surface area contributed by atoms with Crippen molar-refractivity contribution in [2.75, 3.05) is 19.7 Å². The number of amides is 2. The summed E-state index contributed by atoms with van der Waals surface area (Å²) in [6.07, 6.45) is 4.51. The van der Waals surface area contributed by atoms with Gasteiger partial charge in [0.2, 0.25) is 5.91 Å². The molecular formula is C15H22N4O3. The first-order valence-corrected chi connectivity index (χ1v) is 7.88. The zero-order chi connectivity index (χ0) is 15.5. The first kappa shape index (κ1) is 15.0. The molecule has 120 valence electrons. The fourth-order valence-electron chi connectivity index (χ4n) is 3.26. The summed E-state index contributed by atoms with van der Waals surface area (Å²) in [5.74, 6) is -0.196. The van der Waals surface area contributed by atoms with Crippen LogP contribution in [0.25, 0.3) is 0 Å². The molecule has 0 aliphatic carbocycles. The van der Waals surface area contributed by atoms with E-state index >= 15 is 0 Å². The summed E-state index contributed by atoms with van der Waals surface area (Å²) >= 11 is 0. The Morgan fingerprint density at radius 2 is 2.27 bits per heavy atom. The van der Waals surface area contributed by atoms with Crippen molar-refractivity contribution in [2.45, 2.75) is 44.1 Å². The molecule has 1 aromatic rings. The number of nitrogens with zero attached hydrogens (tertiary/aromatic N) is 2. The molecule has 0 spiro atoms. The average molecular weight is 306 g/mol. The van der Waals surface area contributed by atoms with Crippen LogP contribution in [0.5, 0.6) is 0 Å². The van der Waals surface area contributed by atoms with E-state index in [-0.39, 0.29) is 23.6 Å². The fraction of sp³-hybridized carbons (Fsp3) is 0.667. The van der Waals surface area contributed by atoms with Gasteiger partial charge in [-0.25, -0.2) is 0 Å². The summed E-state index contributed by atoms with van der Waals surface area (Å²) < 4.78 is 5.54. The number of aromatic nitrogens is 2. The van der Waals surface area contributed by atoms with E-state index in [9.17, 15) is 9.59 Å². The Kier molecular flexibility index (Phi) is 4.42. The maximum absolute atomic E-state index is 12.4. The van der Waals surface area contributed by atoms with E-state index in [0.717, 1.165) is 44.5 Å². The fourth-order valence-corrected chi connectivity index (χ4v) is 3.26. The van der Waals surface area contributed by atoms with Gasteiger partial charge in [0, 0.05) is 31.3 Å². The van der Waals surface area contributed by atoms with E-state index in [1.807, 2.05) is 4.90 Å². The highest BCUT2D eigenvalue weighted by Crippen LogP contribution is 2.27. The van der Waals surface area contributed by atoms with Crippen LogP contribution >= 0.6 is 0 Å². The lowest BCUT2D eigenvalue weighted by atomic mass is 9.94. The standard InChI is InChI=1S/C15H22N4O3/c16-15(21)13-8-12(17-18-13)10-3-1-5-19(9-10)14(20)7-11-4-2-6-22-11/h8,10-11H,1-7,9H2,(H2,16,21)(H,17,18)/t10-,11+/m0/s1. The third kappa shape index (κ3) is 3.30. The second-order valence-corrected chi connectivity index (χ2v) is 6.09. The lowest BCUT2D eigenvalue weighted by molar-refractivity contribution is -0.134. The number of rotatable bonds is 4. The van der Waals surface area contributed by atoms with Crippen LogP contribution in [-0.2, 0) is 9.53 Å². The Bertz CT molecular complexity index is 551. The Balaban J connectivity index is 1.60. The van der Waals surface area contributed by atoms with Gasteiger partial charge in [-0.05, 0) is 31.7 Å². The molecule has 2 amide bonds. The Hall–Kier alpha value is -1.89. The van der Waals surface area contributed by atoms with Crippen molar-refractivity contribution >= 4 is 11.8 Å². The number of ether oxygens (including phenoxy) is 1. The highest BCUT2D eigenvalue weighted by atomic mass is 16.5. The van der Waals surface area contributed by atoms with E-state index in [1.165, 1.54) is 0 Å². The summed E-state index contributed by atoms with van der Waals surface area (Å²) in [6.45, 7) is 2.22. The summed E-state index contributed by atoms with van der Waals surface area (Å²) in [5, 5.41) is 6.80. The second-order valence-electron chi connectivity index (χ2n) is 6.09. The number of nitrogens with two attached hydrogens (primary N) is 1. The van der Waals surface area contributed by atoms with Crippen molar-refractivity contribution in [1.82, 2.24) is 15.1 Å². The van der Waals surface area contributed by atoms with E-state index in [2.05, 4.69) is 10.2 Å². The number of carbonyl (C=O) groups is 2. The number of hydrogen-bond donors (Lipinski definition) is 2. The molecule has 0 unspecified atom stereocenters. The SMILES string of the molecule is NC(=O)c1cc([C@H]2CCCN(C(=O)C[C@H]3CCCO3)C2)[nH]n1. The van der Waals surface area contributed by atoms with Gasteiger partial charge in [-0.15, -0.1) is 0 Å². The van der Waals surface area contributed by atoms with Crippen LogP contribution in [0.1, 0.15) is 54.2 Å². The molecule has 3 rings (SSSR count). The molecule has 2 aliphatic rings. The van der Waals surface area contributed by atoms with Crippen LogP contribution in [-0.4, -0.2) is 52.7 Å². The van der Waals surface area contributed by atoms with Crippen molar-refractivity contribution in [3.8, 4) is 0 Å². The van der Waals surface area contributed by atoms with Gasteiger partial charge in [0.1, 0.15) is 5.69 Å². The zero-order valence-corrected chi connectivity index (χ0v) is 12.6. The number of likely N-dealkylation sites (tertiary alicyclic amines) is 1. The minimum absolute atomic E-state index is 0.0847. The number of piperidine rings is 1. The number of H-pyrrole nitrogens is 1. The summed E-state index contributed by atoms with van der Waals surface area (Å²) in [4.78, 5) is 25.4. The van der Waals surface area contributed by atoms with E-state index in [1.54, 1.807) is 6.07 Å². The van der Waals surface area contributed by atoms with Crippen LogP contribution in [0, 0.1) is 0 Å². The molecule has 0 bridgehead atoms. The molecule has 7 heteroatoms. The molecule has 2 atom stereocenters. The van der Waals surface area contributed by atoms with Crippen LogP contribution in [0.3, 0.4) is 0 Å². The normalized spacial score (nSPS) is 25.4. The van der Waals surface area contributed by atoms with Gasteiger partial charge in [-0.1, -0.05) is 0 Å². The monoisotopic (exact) mass is 306 g/mol. The summed E-state index contributed by atoms with van der Waals surface area (Å²) in [6, 6.07) is 1.70. The Morgan fingerprint density at radius 1 is 1.41 bits per heavy atom. The number of primary amides is 1. The number of aromatic amines is 1. The van der Waals surface area contributed by atoms with Crippen molar-refractivity contribution in [3.63, 3.8) is 0 Å². The van der Waals surface area contributed by atoms with Crippen molar-refractivity contribution in [1.29, 1.82) is 0 Å². The predicted octanol–water partition coefficient (Wildman–Crippen LogP) is 0.784. The highest BCUT2D eigenvalue weighted by molar-refractivity contribution is 5.90. The van der Waals surface area contributed by atoms with E-state index < -0.39 is 5.91 Å². The lowest BCUT2D eigenvalue weighted by Gasteiger charge is -2.32. The van der Waals surface area contributed by atoms with Crippen molar-refractivity contribution in [2.24, 2.45) is 5.73 Å².